The summed E-state index contributed by atoms with van der Waals surface area (Å²) in [5, 5.41) is 11.1. The number of rotatable bonds is 7. The highest BCUT2D eigenvalue weighted by Gasteiger charge is 2.18. The third kappa shape index (κ3) is 3.97. The number of benzene rings is 2. The van der Waals surface area contributed by atoms with Crippen molar-refractivity contribution in [1.82, 2.24) is 20.1 Å². The summed E-state index contributed by atoms with van der Waals surface area (Å²) in [6.07, 6.45) is 1.65. The Morgan fingerprint density at radius 3 is 2.65 bits per heavy atom. The minimum Gasteiger partial charge on any atom is -0.383 e. The van der Waals surface area contributed by atoms with E-state index in [4.69, 9.17) is 4.74 Å². The standard InChI is InChI=1S/C20H22N4O2/c1-15(19-23-21-14-24(19)12-13-26-2)22-20(25)18-11-7-6-10-17(18)16-8-4-3-5-9-16/h3-11,14-15H,12-13H2,1-2H3,(H,22,25)/t15-/m0/s1. The molecule has 0 fully saturated rings. The Bertz CT molecular complexity index is 861. The van der Waals surface area contributed by atoms with Crippen LogP contribution in [0.15, 0.2) is 60.9 Å². The Balaban J connectivity index is 1.80. The van der Waals surface area contributed by atoms with Crippen LogP contribution >= 0.6 is 0 Å². The number of carbonyl (C=O) groups is 1. The van der Waals surface area contributed by atoms with Crippen LogP contribution in [-0.2, 0) is 11.3 Å². The molecular weight excluding hydrogens is 328 g/mol. The van der Waals surface area contributed by atoms with Gasteiger partial charge in [0.1, 0.15) is 6.33 Å². The molecule has 1 aromatic heterocycles. The van der Waals surface area contributed by atoms with E-state index in [0.717, 1.165) is 11.1 Å². The van der Waals surface area contributed by atoms with Crippen LogP contribution in [0.25, 0.3) is 11.1 Å². The van der Waals surface area contributed by atoms with E-state index < -0.39 is 0 Å². The van der Waals surface area contributed by atoms with Gasteiger partial charge in [0.05, 0.1) is 12.6 Å². The second-order valence-electron chi connectivity index (χ2n) is 5.98. The summed E-state index contributed by atoms with van der Waals surface area (Å²) in [6, 6.07) is 17.2. The topological polar surface area (TPSA) is 69.0 Å². The molecule has 6 heteroatoms. The van der Waals surface area contributed by atoms with E-state index in [9.17, 15) is 4.79 Å². The van der Waals surface area contributed by atoms with Crippen LogP contribution < -0.4 is 5.32 Å². The lowest BCUT2D eigenvalue weighted by molar-refractivity contribution is 0.0938. The SMILES string of the molecule is COCCn1cnnc1[C@H](C)NC(=O)c1ccccc1-c1ccccc1. The maximum atomic E-state index is 12.9. The molecule has 0 aliphatic rings. The smallest absolute Gasteiger partial charge is 0.252 e. The third-order valence-corrected chi connectivity index (χ3v) is 4.17. The van der Waals surface area contributed by atoms with E-state index in [1.165, 1.54) is 0 Å². The van der Waals surface area contributed by atoms with Crippen molar-refractivity contribution in [3.63, 3.8) is 0 Å². The minimum atomic E-state index is -0.273. The molecule has 0 radical (unpaired) electrons. The van der Waals surface area contributed by atoms with Gasteiger partial charge in [0, 0.05) is 19.2 Å². The van der Waals surface area contributed by atoms with E-state index in [0.29, 0.717) is 24.5 Å². The van der Waals surface area contributed by atoms with Crippen LogP contribution in [0.1, 0.15) is 29.1 Å². The molecule has 6 nitrogen and oxygen atoms in total. The van der Waals surface area contributed by atoms with E-state index >= 15 is 0 Å². The lowest BCUT2D eigenvalue weighted by atomic mass is 9.99. The van der Waals surface area contributed by atoms with Crippen molar-refractivity contribution in [2.75, 3.05) is 13.7 Å². The number of nitrogens with zero attached hydrogens (tertiary/aromatic N) is 3. The predicted molar refractivity (Wildman–Crippen MR) is 99.7 cm³/mol. The summed E-state index contributed by atoms with van der Waals surface area (Å²) in [5.74, 6) is 0.561. The van der Waals surface area contributed by atoms with Crippen molar-refractivity contribution in [2.24, 2.45) is 0 Å². The molecular formula is C20H22N4O2. The zero-order chi connectivity index (χ0) is 18.4. The largest absolute Gasteiger partial charge is 0.383 e. The zero-order valence-corrected chi connectivity index (χ0v) is 14.9. The number of methoxy groups -OCH3 is 1. The highest BCUT2D eigenvalue weighted by molar-refractivity contribution is 6.01. The van der Waals surface area contributed by atoms with Gasteiger partial charge in [0.15, 0.2) is 5.82 Å². The molecule has 2 aromatic carbocycles. The summed E-state index contributed by atoms with van der Waals surface area (Å²) >= 11 is 0. The van der Waals surface area contributed by atoms with Crippen LogP contribution in [-0.4, -0.2) is 34.4 Å². The molecule has 0 aliphatic heterocycles. The maximum absolute atomic E-state index is 12.9. The van der Waals surface area contributed by atoms with Gasteiger partial charge in [0.2, 0.25) is 0 Å². The Labute approximate surface area is 152 Å². The number of carbonyl (C=O) groups excluding carboxylic acids is 1. The molecule has 0 bridgehead atoms. The fraction of sp³-hybridized carbons (Fsp3) is 0.250. The number of nitrogens with one attached hydrogen (secondary N) is 1. The lowest BCUT2D eigenvalue weighted by Crippen LogP contribution is -2.29. The summed E-state index contributed by atoms with van der Waals surface area (Å²) in [7, 11) is 1.65. The fourth-order valence-corrected chi connectivity index (χ4v) is 2.85. The van der Waals surface area contributed by atoms with Crippen LogP contribution in [0.4, 0.5) is 0 Å². The Morgan fingerprint density at radius 1 is 1.15 bits per heavy atom. The zero-order valence-electron chi connectivity index (χ0n) is 14.9. The van der Waals surface area contributed by atoms with Gasteiger partial charge in [-0.2, -0.15) is 0 Å². The Morgan fingerprint density at radius 2 is 1.88 bits per heavy atom. The molecule has 26 heavy (non-hydrogen) atoms. The quantitative estimate of drug-likeness (QED) is 0.711. The summed E-state index contributed by atoms with van der Waals surface area (Å²) < 4.78 is 6.99. The molecule has 0 saturated heterocycles. The number of amides is 1. The number of aromatic nitrogens is 3. The van der Waals surface area contributed by atoms with Gasteiger partial charge in [0.25, 0.3) is 5.91 Å². The van der Waals surface area contributed by atoms with E-state index in [2.05, 4.69) is 15.5 Å². The van der Waals surface area contributed by atoms with Gasteiger partial charge in [-0.3, -0.25) is 4.79 Å². The van der Waals surface area contributed by atoms with Gasteiger partial charge in [-0.05, 0) is 24.1 Å². The van der Waals surface area contributed by atoms with Crippen molar-refractivity contribution in [1.29, 1.82) is 0 Å². The molecule has 0 saturated carbocycles. The fourth-order valence-electron chi connectivity index (χ4n) is 2.85. The van der Waals surface area contributed by atoms with Crippen molar-refractivity contribution < 1.29 is 9.53 Å². The minimum absolute atomic E-state index is 0.141. The molecule has 1 atom stereocenters. The first-order valence-corrected chi connectivity index (χ1v) is 8.52. The summed E-state index contributed by atoms with van der Waals surface area (Å²) in [6.45, 7) is 3.10. The van der Waals surface area contributed by atoms with E-state index in [-0.39, 0.29) is 11.9 Å². The monoisotopic (exact) mass is 350 g/mol. The van der Waals surface area contributed by atoms with Crippen molar-refractivity contribution in [3.8, 4) is 11.1 Å². The van der Waals surface area contributed by atoms with Crippen LogP contribution in [0.5, 0.6) is 0 Å². The summed E-state index contributed by atoms with van der Waals surface area (Å²) in [5.41, 5.74) is 2.54. The molecule has 1 N–H and O–H groups in total. The molecule has 1 heterocycles. The van der Waals surface area contributed by atoms with E-state index in [1.807, 2.05) is 66.1 Å². The molecule has 3 aromatic rings. The normalized spacial score (nSPS) is 11.9. The lowest BCUT2D eigenvalue weighted by Gasteiger charge is -2.16. The van der Waals surface area contributed by atoms with Crippen molar-refractivity contribution >= 4 is 5.91 Å². The molecule has 0 spiro atoms. The first kappa shape index (κ1) is 17.8. The molecule has 1 amide bonds. The third-order valence-electron chi connectivity index (χ3n) is 4.17. The number of hydrogen-bond donors (Lipinski definition) is 1. The molecule has 134 valence electrons. The molecule has 3 rings (SSSR count). The average molecular weight is 350 g/mol. The first-order valence-electron chi connectivity index (χ1n) is 8.52. The van der Waals surface area contributed by atoms with Gasteiger partial charge in [-0.1, -0.05) is 48.5 Å². The van der Waals surface area contributed by atoms with Crippen LogP contribution in [0, 0.1) is 0 Å². The maximum Gasteiger partial charge on any atom is 0.252 e. The second-order valence-corrected chi connectivity index (χ2v) is 5.98. The van der Waals surface area contributed by atoms with Crippen molar-refractivity contribution in [3.05, 3.63) is 72.3 Å². The van der Waals surface area contributed by atoms with Gasteiger partial charge in [-0.15, -0.1) is 10.2 Å². The predicted octanol–water partition coefficient (Wildman–Crippen LogP) is 3.08. The van der Waals surface area contributed by atoms with E-state index in [1.54, 1.807) is 13.4 Å². The van der Waals surface area contributed by atoms with Crippen LogP contribution in [0.2, 0.25) is 0 Å². The van der Waals surface area contributed by atoms with Crippen molar-refractivity contribution in [2.45, 2.75) is 19.5 Å². The summed E-state index contributed by atoms with van der Waals surface area (Å²) in [4.78, 5) is 12.9. The number of ether oxygens (including phenoxy) is 1. The first-order chi connectivity index (χ1) is 12.7. The van der Waals surface area contributed by atoms with Gasteiger partial charge in [-0.25, -0.2) is 0 Å². The van der Waals surface area contributed by atoms with Gasteiger partial charge >= 0.3 is 0 Å². The highest BCUT2D eigenvalue weighted by atomic mass is 16.5. The second kappa shape index (κ2) is 8.40. The number of hydrogen-bond acceptors (Lipinski definition) is 4. The Kier molecular flexibility index (Phi) is 5.76. The molecule has 0 unspecified atom stereocenters. The van der Waals surface area contributed by atoms with Crippen LogP contribution in [0.3, 0.4) is 0 Å². The average Bonchev–Trinajstić information content (AvgIpc) is 3.15. The Hall–Kier alpha value is -2.99. The molecule has 0 aliphatic carbocycles. The van der Waals surface area contributed by atoms with Gasteiger partial charge < -0.3 is 14.6 Å². The highest BCUT2D eigenvalue weighted by Crippen LogP contribution is 2.24.